The Bertz CT molecular complexity index is 571. The summed E-state index contributed by atoms with van der Waals surface area (Å²) in [6, 6.07) is 6.43. The van der Waals surface area contributed by atoms with Gasteiger partial charge in [0.2, 0.25) is 5.91 Å². The minimum Gasteiger partial charge on any atom is -0.497 e. The van der Waals surface area contributed by atoms with E-state index < -0.39 is 0 Å². The summed E-state index contributed by atoms with van der Waals surface area (Å²) < 4.78 is 10.8. The number of rotatable bonds is 7. The van der Waals surface area contributed by atoms with Crippen LogP contribution in [0.2, 0.25) is 0 Å². The second-order valence-electron chi connectivity index (χ2n) is 6.36. The smallest absolute Gasteiger partial charge is 0.224 e. The van der Waals surface area contributed by atoms with E-state index in [0.29, 0.717) is 25.0 Å². The van der Waals surface area contributed by atoms with Crippen molar-refractivity contribution in [3.8, 4) is 11.5 Å². The fourth-order valence-corrected chi connectivity index (χ4v) is 4.02. The van der Waals surface area contributed by atoms with Gasteiger partial charge in [0.1, 0.15) is 11.5 Å². The van der Waals surface area contributed by atoms with Crippen LogP contribution in [0.15, 0.2) is 18.2 Å². The Kier molecular flexibility index (Phi) is 5.89. The summed E-state index contributed by atoms with van der Waals surface area (Å²) in [5, 5.41) is 3.46. The number of nitrogens with zero attached hydrogens (tertiary/aromatic N) is 1. The van der Waals surface area contributed by atoms with Gasteiger partial charge in [-0.15, -0.1) is 0 Å². The van der Waals surface area contributed by atoms with Gasteiger partial charge in [-0.2, -0.15) is 11.8 Å². The van der Waals surface area contributed by atoms with Crippen LogP contribution >= 0.6 is 11.8 Å². The third-order valence-corrected chi connectivity index (χ3v) is 5.69. The average Bonchev–Trinajstić information content (AvgIpc) is 3.45. The normalized spacial score (nSPS) is 20.5. The van der Waals surface area contributed by atoms with E-state index in [1.165, 1.54) is 0 Å². The van der Waals surface area contributed by atoms with Crippen molar-refractivity contribution in [1.29, 1.82) is 0 Å². The van der Waals surface area contributed by atoms with Crippen LogP contribution in [0.3, 0.4) is 0 Å². The van der Waals surface area contributed by atoms with Gasteiger partial charge < -0.3 is 19.7 Å². The maximum atomic E-state index is 12.9. The molecule has 1 aromatic rings. The van der Waals surface area contributed by atoms with E-state index in [1.807, 2.05) is 34.9 Å². The van der Waals surface area contributed by atoms with Gasteiger partial charge in [0.05, 0.1) is 14.2 Å². The van der Waals surface area contributed by atoms with Gasteiger partial charge in [-0.05, 0) is 31.0 Å². The molecular formula is C18H26N2O3S. The van der Waals surface area contributed by atoms with E-state index in [0.717, 1.165) is 48.0 Å². The second-order valence-corrected chi connectivity index (χ2v) is 7.51. The van der Waals surface area contributed by atoms with Crippen LogP contribution in [-0.2, 0) is 11.3 Å². The highest BCUT2D eigenvalue weighted by molar-refractivity contribution is 7.99. The second kappa shape index (κ2) is 8.12. The first-order chi connectivity index (χ1) is 11.7. The number of nitrogens with one attached hydrogen (secondary N) is 1. The van der Waals surface area contributed by atoms with Gasteiger partial charge >= 0.3 is 0 Å². The molecule has 0 aromatic heterocycles. The molecule has 0 radical (unpaired) electrons. The van der Waals surface area contributed by atoms with E-state index >= 15 is 0 Å². The van der Waals surface area contributed by atoms with Gasteiger partial charge in [0, 0.05) is 48.7 Å². The van der Waals surface area contributed by atoms with Crippen molar-refractivity contribution in [1.82, 2.24) is 10.2 Å². The monoisotopic (exact) mass is 350 g/mol. The van der Waals surface area contributed by atoms with E-state index in [9.17, 15) is 4.79 Å². The molecule has 1 atom stereocenters. The fraction of sp³-hybridized carbons (Fsp3) is 0.611. The molecule has 1 saturated carbocycles. The summed E-state index contributed by atoms with van der Waals surface area (Å²) in [6.45, 7) is 1.58. The number of methoxy groups -OCH3 is 2. The summed E-state index contributed by atoms with van der Waals surface area (Å²) in [4.78, 5) is 14.9. The van der Waals surface area contributed by atoms with E-state index in [-0.39, 0.29) is 5.91 Å². The lowest BCUT2D eigenvalue weighted by Gasteiger charge is -2.28. The predicted octanol–water partition coefficient (Wildman–Crippen LogP) is 2.29. The first kappa shape index (κ1) is 17.4. The molecule has 6 heteroatoms. The molecule has 1 aromatic carbocycles. The first-order valence-electron chi connectivity index (χ1n) is 8.52. The van der Waals surface area contributed by atoms with Crippen LogP contribution in [0.25, 0.3) is 0 Å². The van der Waals surface area contributed by atoms with Crippen LogP contribution in [0.4, 0.5) is 0 Å². The molecule has 132 valence electrons. The van der Waals surface area contributed by atoms with Gasteiger partial charge in [0.15, 0.2) is 0 Å². The molecule has 1 aliphatic carbocycles. The zero-order valence-electron chi connectivity index (χ0n) is 14.4. The standard InChI is InChI=1S/C18H26N2O3S/c1-22-16-5-6-17(23-2)13(9-16)11-20(15-3-4-15)18(21)10-14-12-24-8-7-19-14/h5-6,9,14-15,19H,3-4,7-8,10-12H2,1-2H3. The highest BCUT2D eigenvalue weighted by Gasteiger charge is 2.34. The average molecular weight is 350 g/mol. The zero-order chi connectivity index (χ0) is 16.9. The first-order valence-corrected chi connectivity index (χ1v) is 9.68. The number of carbonyl (C=O) groups excluding carboxylic acids is 1. The highest BCUT2D eigenvalue weighted by atomic mass is 32.2. The molecule has 2 fully saturated rings. The minimum absolute atomic E-state index is 0.238. The Labute approximate surface area is 148 Å². The molecule has 0 spiro atoms. The Balaban J connectivity index is 1.70. The van der Waals surface area contributed by atoms with Gasteiger partial charge in [-0.1, -0.05) is 0 Å². The number of benzene rings is 1. The summed E-state index contributed by atoms with van der Waals surface area (Å²) in [5.74, 6) is 3.99. The lowest BCUT2D eigenvalue weighted by atomic mass is 10.1. The van der Waals surface area contributed by atoms with Crippen molar-refractivity contribution in [3.05, 3.63) is 23.8 Å². The van der Waals surface area contributed by atoms with Crippen molar-refractivity contribution in [3.63, 3.8) is 0 Å². The molecule has 0 bridgehead atoms. The van der Waals surface area contributed by atoms with Crippen molar-refractivity contribution < 1.29 is 14.3 Å². The molecule has 1 N–H and O–H groups in total. The van der Waals surface area contributed by atoms with Crippen molar-refractivity contribution >= 4 is 17.7 Å². The third-order valence-electron chi connectivity index (χ3n) is 4.56. The summed E-state index contributed by atoms with van der Waals surface area (Å²) in [6.07, 6.45) is 2.78. The van der Waals surface area contributed by atoms with Crippen LogP contribution in [0.1, 0.15) is 24.8 Å². The highest BCUT2D eigenvalue weighted by Crippen LogP contribution is 2.32. The largest absolute Gasteiger partial charge is 0.497 e. The summed E-state index contributed by atoms with van der Waals surface area (Å²) in [7, 11) is 3.32. The molecule has 1 saturated heterocycles. The summed E-state index contributed by atoms with van der Waals surface area (Å²) >= 11 is 1.93. The number of hydrogen-bond donors (Lipinski definition) is 1. The van der Waals surface area contributed by atoms with E-state index in [2.05, 4.69) is 5.32 Å². The zero-order valence-corrected chi connectivity index (χ0v) is 15.2. The summed E-state index contributed by atoms with van der Waals surface area (Å²) in [5.41, 5.74) is 1.00. The number of carbonyl (C=O) groups is 1. The molecule has 3 rings (SSSR count). The fourth-order valence-electron chi connectivity index (χ4n) is 3.07. The maximum Gasteiger partial charge on any atom is 0.224 e. The number of ether oxygens (including phenoxy) is 2. The van der Waals surface area contributed by atoms with Gasteiger partial charge in [-0.25, -0.2) is 0 Å². The lowest BCUT2D eigenvalue weighted by Crippen LogP contribution is -2.43. The SMILES string of the molecule is COc1ccc(OC)c(CN(C(=O)CC2CSCCN2)C2CC2)c1. The lowest BCUT2D eigenvalue weighted by molar-refractivity contribution is -0.132. The van der Waals surface area contributed by atoms with Crippen molar-refractivity contribution in [2.24, 2.45) is 0 Å². The Hall–Kier alpha value is -1.40. The Morgan fingerprint density at radius 3 is 2.79 bits per heavy atom. The predicted molar refractivity (Wildman–Crippen MR) is 96.9 cm³/mol. The third kappa shape index (κ3) is 4.36. The number of thioether (sulfide) groups is 1. The van der Waals surface area contributed by atoms with Crippen LogP contribution in [-0.4, -0.2) is 55.2 Å². The van der Waals surface area contributed by atoms with E-state index in [4.69, 9.17) is 9.47 Å². The van der Waals surface area contributed by atoms with Gasteiger partial charge in [0.25, 0.3) is 0 Å². The molecule has 1 heterocycles. The van der Waals surface area contributed by atoms with Crippen molar-refractivity contribution in [2.75, 3.05) is 32.3 Å². The topological polar surface area (TPSA) is 50.8 Å². The maximum absolute atomic E-state index is 12.9. The van der Waals surface area contributed by atoms with Gasteiger partial charge in [-0.3, -0.25) is 4.79 Å². The molecule has 2 aliphatic rings. The molecule has 5 nitrogen and oxygen atoms in total. The Morgan fingerprint density at radius 2 is 2.17 bits per heavy atom. The minimum atomic E-state index is 0.238. The molecule has 1 amide bonds. The quantitative estimate of drug-likeness (QED) is 0.818. The number of hydrogen-bond acceptors (Lipinski definition) is 5. The van der Waals surface area contributed by atoms with Crippen LogP contribution < -0.4 is 14.8 Å². The number of amides is 1. The molecule has 1 aliphatic heterocycles. The molecule has 24 heavy (non-hydrogen) atoms. The molecule has 1 unspecified atom stereocenters. The van der Waals surface area contributed by atoms with Crippen molar-refractivity contribution in [2.45, 2.75) is 37.9 Å². The van der Waals surface area contributed by atoms with E-state index in [1.54, 1.807) is 14.2 Å². The van der Waals surface area contributed by atoms with Crippen LogP contribution in [0, 0.1) is 0 Å². The van der Waals surface area contributed by atoms with Crippen LogP contribution in [0.5, 0.6) is 11.5 Å². The Morgan fingerprint density at radius 1 is 1.33 bits per heavy atom. The molecular weight excluding hydrogens is 324 g/mol.